The number of nitrogens with zero attached hydrogens (tertiary/aromatic N) is 1. The first-order valence-corrected chi connectivity index (χ1v) is 5.51. The van der Waals surface area contributed by atoms with Crippen LogP contribution in [0.2, 0.25) is 0 Å². The summed E-state index contributed by atoms with van der Waals surface area (Å²) in [6, 6.07) is -0.468. The van der Waals surface area contributed by atoms with Gasteiger partial charge in [-0.2, -0.15) is 0 Å². The van der Waals surface area contributed by atoms with Gasteiger partial charge in [0.2, 0.25) is 11.8 Å². The van der Waals surface area contributed by atoms with Gasteiger partial charge >= 0.3 is 0 Å². The van der Waals surface area contributed by atoms with Crippen molar-refractivity contribution in [2.75, 3.05) is 6.54 Å². The van der Waals surface area contributed by atoms with E-state index in [9.17, 15) is 9.59 Å². The average molecular weight is 222 g/mol. The Morgan fingerprint density at radius 1 is 1.56 bits per heavy atom. The third-order valence-corrected chi connectivity index (χ3v) is 2.59. The summed E-state index contributed by atoms with van der Waals surface area (Å²) in [5.74, 6) is 2.29. The topological polar surface area (TPSA) is 49.4 Å². The number of likely N-dealkylation sites (tertiary alicyclic amines) is 1. The lowest BCUT2D eigenvalue weighted by molar-refractivity contribution is -0.138. The van der Waals surface area contributed by atoms with Crippen LogP contribution in [0.15, 0.2) is 0 Å². The molecule has 16 heavy (non-hydrogen) atoms. The van der Waals surface area contributed by atoms with Crippen LogP contribution in [-0.4, -0.2) is 34.8 Å². The summed E-state index contributed by atoms with van der Waals surface area (Å²) in [5, 5.41) is 3.03. The molecule has 1 aliphatic rings. The Kier molecular flexibility index (Phi) is 3.71. The summed E-state index contributed by atoms with van der Waals surface area (Å²) in [6.07, 6.45) is 6.33. The van der Waals surface area contributed by atoms with Gasteiger partial charge in [0.05, 0.1) is 18.0 Å². The van der Waals surface area contributed by atoms with E-state index in [2.05, 4.69) is 11.2 Å². The summed E-state index contributed by atoms with van der Waals surface area (Å²) >= 11 is 0. The molecule has 1 rings (SSSR count). The van der Waals surface area contributed by atoms with Crippen LogP contribution in [0.3, 0.4) is 0 Å². The summed E-state index contributed by atoms with van der Waals surface area (Å²) in [6.45, 7) is 6.06. The smallest absolute Gasteiger partial charge is 0.246 e. The van der Waals surface area contributed by atoms with Crippen LogP contribution in [0.25, 0.3) is 0 Å². The van der Waals surface area contributed by atoms with Crippen molar-refractivity contribution < 1.29 is 9.59 Å². The number of amides is 2. The van der Waals surface area contributed by atoms with Gasteiger partial charge < -0.3 is 0 Å². The van der Waals surface area contributed by atoms with E-state index in [0.29, 0.717) is 6.54 Å². The van der Waals surface area contributed by atoms with E-state index in [4.69, 9.17) is 6.42 Å². The van der Waals surface area contributed by atoms with E-state index < -0.39 is 11.6 Å². The van der Waals surface area contributed by atoms with Crippen molar-refractivity contribution >= 4 is 11.8 Å². The van der Waals surface area contributed by atoms with Gasteiger partial charge in [-0.05, 0) is 20.3 Å². The molecule has 1 heterocycles. The second-order valence-electron chi connectivity index (χ2n) is 4.55. The largest absolute Gasteiger partial charge is 0.290 e. The molecule has 0 aromatic heterocycles. The maximum atomic E-state index is 11.9. The fourth-order valence-electron chi connectivity index (χ4n) is 1.73. The van der Waals surface area contributed by atoms with Crippen molar-refractivity contribution in [1.82, 2.24) is 10.2 Å². The Labute approximate surface area is 96.4 Å². The van der Waals surface area contributed by atoms with E-state index in [-0.39, 0.29) is 18.2 Å². The monoisotopic (exact) mass is 222 g/mol. The predicted octanol–water partition coefficient (Wildman–Crippen LogP) is 0.525. The van der Waals surface area contributed by atoms with Gasteiger partial charge in [-0.1, -0.05) is 12.8 Å². The lowest BCUT2D eigenvalue weighted by Crippen LogP contribution is -2.48. The highest BCUT2D eigenvalue weighted by Gasteiger charge is 2.39. The lowest BCUT2D eigenvalue weighted by Gasteiger charge is -2.23. The number of carbonyl (C=O) groups excluding carboxylic acids is 2. The summed E-state index contributed by atoms with van der Waals surface area (Å²) in [5.41, 5.74) is -0.567. The van der Waals surface area contributed by atoms with Crippen LogP contribution < -0.4 is 5.32 Å². The molecule has 0 spiro atoms. The van der Waals surface area contributed by atoms with Crippen molar-refractivity contribution in [2.24, 2.45) is 0 Å². The predicted molar refractivity (Wildman–Crippen MR) is 61.5 cm³/mol. The zero-order valence-electron chi connectivity index (χ0n) is 10.0. The molecule has 0 aromatic carbocycles. The molecule has 4 nitrogen and oxygen atoms in total. The van der Waals surface area contributed by atoms with Crippen molar-refractivity contribution in [3.05, 3.63) is 0 Å². The molecule has 1 N–H and O–H groups in total. The maximum absolute atomic E-state index is 11.9. The molecular formula is C12H18N2O2. The standard InChI is InChI=1S/C12H18N2O2/c1-5-7-14-10(15)8-9(11(14)16)13-12(3,4)6-2/h2,9,13H,5,7-8H2,1,3-4H3. The minimum atomic E-state index is -0.567. The molecule has 1 unspecified atom stereocenters. The minimum absolute atomic E-state index is 0.114. The first-order chi connectivity index (χ1) is 7.41. The highest BCUT2D eigenvalue weighted by molar-refractivity contribution is 6.05. The number of hydrogen-bond donors (Lipinski definition) is 1. The van der Waals surface area contributed by atoms with Gasteiger partial charge in [-0.15, -0.1) is 6.42 Å². The fourth-order valence-corrected chi connectivity index (χ4v) is 1.73. The van der Waals surface area contributed by atoms with Crippen LogP contribution in [0, 0.1) is 12.3 Å². The second kappa shape index (κ2) is 4.67. The van der Waals surface area contributed by atoms with Crippen molar-refractivity contribution in [3.8, 4) is 12.3 Å². The molecule has 1 saturated heterocycles. The highest BCUT2D eigenvalue weighted by Crippen LogP contribution is 2.16. The fraction of sp³-hybridized carbons (Fsp3) is 0.667. The van der Waals surface area contributed by atoms with E-state index in [1.54, 1.807) is 0 Å². The molecule has 1 aliphatic heterocycles. The molecule has 4 heteroatoms. The van der Waals surface area contributed by atoms with Gasteiger partial charge in [-0.25, -0.2) is 0 Å². The number of carbonyl (C=O) groups is 2. The van der Waals surface area contributed by atoms with Gasteiger partial charge in [-0.3, -0.25) is 19.8 Å². The summed E-state index contributed by atoms with van der Waals surface area (Å²) in [7, 11) is 0. The lowest BCUT2D eigenvalue weighted by atomic mass is 10.0. The van der Waals surface area contributed by atoms with Gasteiger partial charge in [0.15, 0.2) is 0 Å². The molecule has 0 aliphatic carbocycles. The van der Waals surface area contributed by atoms with E-state index in [1.165, 1.54) is 4.90 Å². The van der Waals surface area contributed by atoms with Gasteiger partial charge in [0, 0.05) is 6.54 Å². The molecule has 0 radical (unpaired) electrons. The molecule has 1 atom stereocenters. The molecule has 2 amide bonds. The van der Waals surface area contributed by atoms with Crippen LogP contribution in [0.1, 0.15) is 33.6 Å². The zero-order chi connectivity index (χ0) is 12.3. The summed E-state index contributed by atoms with van der Waals surface area (Å²) in [4.78, 5) is 24.8. The molecule has 0 saturated carbocycles. The SMILES string of the molecule is C#CC(C)(C)NC1CC(=O)N(CCC)C1=O. The number of imide groups is 1. The van der Waals surface area contributed by atoms with E-state index in [0.717, 1.165) is 6.42 Å². The quantitative estimate of drug-likeness (QED) is 0.557. The normalized spacial score (nSPS) is 21.4. The molecule has 1 fully saturated rings. The third kappa shape index (κ3) is 2.61. The number of hydrogen-bond acceptors (Lipinski definition) is 3. The van der Waals surface area contributed by atoms with Gasteiger partial charge in [0.25, 0.3) is 0 Å². The molecular weight excluding hydrogens is 204 g/mol. The average Bonchev–Trinajstić information content (AvgIpc) is 2.46. The first-order valence-electron chi connectivity index (χ1n) is 5.51. The highest BCUT2D eigenvalue weighted by atomic mass is 16.2. The van der Waals surface area contributed by atoms with E-state index in [1.807, 2.05) is 20.8 Å². The maximum Gasteiger partial charge on any atom is 0.246 e. The molecule has 0 aromatic rings. The Bertz CT molecular complexity index is 341. The third-order valence-electron chi connectivity index (χ3n) is 2.59. The van der Waals surface area contributed by atoms with Crippen LogP contribution in [-0.2, 0) is 9.59 Å². The Balaban J connectivity index is 2.70. The number of rotatable bonds is 4. The van der Waals surface area contributed by atoms with Crippen LogP contribution in [0.4, 0.5) is 0 Å². The first kappa shape index (κ1) is 12.7. The minimum Gasteiger partial charge on any atom is -0.290 e. The zero-order valence-corrected chi connectivity index (χ0v) is 10.0. The number of terminal acetylenes is 1. The van der Waals surface area contributed by atoms with Crippen LogP contribution >= 0.6 is 0 Å². The van der Waals surface area contributed by atoms with E-state index >= 15 is 0 Å². The molecule has 88 valence electrons. The van der Waals surface area contributed by atoms with Crippen molar-refractivity contribution in [2.45, 2.75) is 45.2 Å². The van der Waals surface area contributed by atoms with Gasteiger partial charge in [0.1, 0.15) is 0 Å². The van der Waals surface area contributed by atoms with Crippen molar-refractivity contribution in [3.63, 3.8) is 0 Å². The second-order valence-corrected chi connectivity index (χ2v) is 4.55. The number of nitrogens with one attached hydrogen (secondary N) is 1. The van der Waals surface area contributed by atoms with Crippen molar-refractivity contribution in [1.29, 1.82) is 0 Å². The Hall–Kier alpha value is -1.34. The Morgan fingerprint density at radius 2 is 2.19 bits per heavy atom. The molecule has 0 bridgehead atoms. The summed E-state index contributed by atoms with van der Waals surface area (Å²) < 4.78 is 0. The van der Waals surface area contributed by atoms with Crippen LogP contribution in [0.5, 0.6) is 0 Å². The Morgan fingerprint density at radius 3 is 2.69 bits per heavy atom.